The first kappa shape index (κ1) is 17.0. The number of nitrogens with one attached hydrogen (secondary N) is 1. The summed E-state index contributed by atoms with van der Waals surface area (Å²) in [5.41, 5.74) is 2.49. The van der Waals surface area contributed by atoms with Gasteiger partial charge in [-0.15, -0.1) is 0 Å². The molecule has 0 saturated carbocycles. The van der Waals surface area contributed by atoms with Crippen LogP contribution in [-0.2, 0) is 17.9 Å². The summed E-state index contributed by atoms with van der Waals surface area (Å²) < 4.78 is 7.71. The number of H-pyrrole nitrogens is 1. The topological polar surface area (TPSA) is 28.9 Å². The molecule has 2 aromatic rings. The molecule has 0 spiro atoms. The summed E-state index contributed by atoms with van der Waals surface area (Å²) in [6.45, 7) is 4.00. The van der Waals surface area contributed by atoms with Crippen molar-refractivity contribution in [3.05, 3.63) is 30.1 Å². The van der Waals surface area contributed by atoms with Crippen molar-refractivity contribution in [3.63, 3.8) is 0 Å². The van der Waals surface area contributed by atoms with Crippen LogP contribution in [0.1, 0.15) is 64.1 Å². The van der Waals surface area contributed by atoms with Gasteiger partial charge in [-0.25, -0.2) is 9.55 Å². The Hall–Kier alpha value is -1.35. The van der Waals surface area contributed by atoms with Crippen molar-refractivity contribution >= 4 is 11.0 Å². The van der Waals surface area contributed by atoms with Crippen LogP contribution in [-0.4, -0.2) is 12.1 Å². The molecule has 1 aromatic carbocycles. The van der Waals surface area contributed by atoms with Crippen molar-refractivity contribution in [1.82, 2.24) is 4.98 Å². The van der Waals surface area contributed by atoms with E-state index in [-0.39, 0.29) is 0 Å². The van der Waals surface area contributed by atoms with E-state index in [4.69, 9.17) is 4.74 Å². The molecule has 0 aliphatic carbocycles. The van der Waals surface area contributed by atoms with E-state index in [9.17, 15) is 0 Å². The number of aromatic amines is 1. The maximum Gasteiger partial charge on any atom is 0.281 e. The van der Waals surface area contributed by atoms with Gasteiger partial charge in [0.15, 0.2) is 11.0 Å². The van der Waals surface area contributed by atoms with E-state index in [2.05, 4.69) is 40.7 Å². The van der Waals surface area contributed by atoms with Crippen LogP contribution in [0.25, 0.3) is 11.0 Å². The van der Waals surface area contributed by atoms with Gasteiger partial charge >= 0.3 is 0 Å². The van der Waals surface area contributed by atoms with Crippen LogP contribution in [0.4, 0.5) is 0 Å². The quantitative estimate of drug-likeness (QED) is 0.471. The first-order valence-corrected chi connectivity index (χ1v) is 8.85. The molecule has 0 saturated heterocycles. The minimum atomic E-state index is 0.645. The van der Waals surface area contributed by atoms with Crippen LogP contribution < -0.4 is 4.57 Å². The number of imidazole rings is 1. The number of fused-ring (bicyclic) bond motifs is 1. The van der Waals surface area contributed by atoms with Crippen molar-refractivity contribution in [2.45, 2.75) is 71.4 Å². The maximum absolute atomic E-state index is 5.33. The molecule has 0 aliphatic rings. The van der Waals surface area contributed by atoms with Crippen molar-refractivity contribution in [2.75, 3.05) is 7.11 Å². The Bertz CT molecular complexity index is 547. The molecule has 0 radical (unpaired) electrons. The third kappa shape index (κ3) is 4.84. The third-order valence-electron chi connectivity index (χ3n) is 4.32. The van der Waals surface area contributed by atoms with Crippen molar-refractivity contribution in [3.8, 4) is 0 Å². The third-order valence-corrected chi connectivity index (χ3v) is 4.32. The highest BCUT2D eigenvalue weighted by Crippen LogP contribution is 2.12. The number of aryl methyl sites for hydroxylation is 1. The Balaban J connectivity index is 1.81. The molecule has 0 fully saturated rings. The molecular weight excluding hydrogens is 272 g/mol. The van der Waals surface area contributed by atoms with E-state index in [0.717, 1.165) is 6.54 Å². The van der Waals surface area contributed by atoms with E-state index < -0.39 is 0 Å². The van der Waals surface area contributed by atoms with Crippen LogP contribution in [0.2, 0.25) is 0 Å². The molecule has 1 heterocycles. The van der Waals surface area contributed by atoms with Gasteiger partial charge in [0.1, 0.15) is 6.61 Å². The van der Waals surface area contributed by atoms with E-state index in [1.165, 1.54) is 68.2 Å². The number of nitrogens with zero attached hydrogens (tertiary/aromatic N) is 1. The van der Waals surface area contributed by atoms with Crippen molar-refractivity contribution < 1.29 is 9.30 Å². The molecule has 22 heavy (non-hydrogen) atoms. The van der Waals surface area contributed by atoms with E-state index in [1.54, 1.807) is 7.11 Å². The maximum atomic E-state index is 5.33. The van der Waals surface area contributed by atoms with Crippen molar-refractivity contribution in [1.29, 1.82) is 0 Å². The standard InChI is InChI=1S/C19H30N2O/c1-3-4-5-6-7-8-9-12-15-21-18-14-11-10-13-17(18)20-19(21)16-22-2/h10-11,13-14H,3-9,12,15-16H2,1-2H3/p+1. The number of rotatable bonds is 11. The molecule has 0 bridgehead atoms. The summed E-state index contributed by atoms with van der Waals surface area (Å²) in [7, 11) is 1.76. The molecular formula is C19H31N2O+. The molecule has 1 aromatic heterocycles. The lowest BCUT2D eigenvalue weighted by molar-refractivity contribution is -0.681. The summed E-state index contributed by atoms with van der Waals surface area (Å²) in [5, 5.41) is 0. The first-order valence-electron chi connectivity index (χ1n) is 8.85. The Kier molecular flexibility index (Phi) is 7.44. The zero-order chi connectivity index (χ0) is 15.6. The largest absolute Gasteiger partial charge is 0.372 e. The van der Waals surface area contributed by atoms with Gasteiger partial charge in [0.2, 0.25) is 0 Å². The van der Waals surface area contributed by atoms with Gasteiger partial charge in [-0.05, 0) is 25.0 Å². The fourth-order valence-corrected chi connectivity index (χ4v) is 3.09. The number of aromatic nitrogens is 2. The molecule has 1 N–H and O–H groups in total. The van der Waals surface area contributed by atoms with Crippen LogP contribution in [0, 0.1) is 0 Å². The van der Waals surface area contributed by atoms with Crippen LogP contribution >= 0.6 is 0 Å². The second-order valence-electron chi connectivity index (χ2n) is 6.15. The van der Waals surface area contributed by atoms with E-state index >= 15 is 0 Å². The molecule has 3 nitrogen and oxygen atoms in total. The van der Waals surface area contributed by atoms with Gasteiger partial charge < -0.3 is 4.74 Å². The van der Waals surface area contributed by atoms with Gasteiger partial charge in [0.25, 0.3) is 5.82 Å². The molecule has 0 atom stereocenters. The second kappa shape index (κ2) is 9.62. The van der Waals surface area contributed by atoms with Gasteiger partial charge in [-0.1, -0.05) is 57.6 Å². The number of hydrogen-bond acceptors (Lipinski definition) is 1. The van der Waals surface area contributed by atoms with Crippen LogP contribution in [0.15, 0.2) is 24.3 Å². The highest BCUT2D eigenvalue weighted by atomic mass is 16.5. The summed E-state index contributed by atoms with van der Waals surface area (Å²) in [4.78, 5) is 3.48. The summed E-state index contributed by atoms with van der Waals surface area (Å²) in [5.74, 6) is 1.17. The Morgan fingerprint density at radius 3 is 2.36 bits per heavy atom. The normalized spacial score (nSPS) is 11.4. The number of para-hydroxylation sites is 2. The monoisotopic (exact) mass is 303 g/mol. The van der Waals surface area contributed by atoms with Gasteiger partial charge in [-0.3, -0.25) is 0 Å². The van der Waals surface area contributed by atoms with E-state index in [1.807, 2.05) is 0 Å². The summed E-state index contributed by atoms with van der Waals surface area (Å²) in [6, 6.07) is 8.52. The van der Waals surface area contributed by atoms with E-state index in [0.29, 0.717) is 6.61 Å². The lowest BCUT2D eigenvalue weighted by atomic mass is 10.1. The molecule has 2 rings (SSSR count). The highest BCUT2D eigenvalue weighted by Gasteiger charge is 2.17. The predicted octanol–water partition coefficient (Wildman–Crippen LogP) is 4.74. The smallest absolute Gasteiger partial charge is 0.281 e. The second-order valence-corrected chi connectivity index (χ2v) is 6.15. The Morgan fingerprint density at radius 1 is 0.955 bits per heavy atom. The molecule has 0 unspecified atom stereocenters. The van der Waals surface area contributed by atoms with Crippen molar-refractivity contribution in [2.24, 2.45) is 0 Å². The molecule has 0 aliphatic heterocycles. The van der Waals surface area contributed by atoms with Gasteiger partial charge in [0.05, 0.1) is 6.54 Å². The number of benzene rings is 1. The fourth-order valence-electron chi connectivity index (χ4n) is 3.09. The Morgan fingerprint density at radius 2 is 1.64 bits per heavy atom. The predicted molar refractivity (Wildman–Crippen MR) is 91.8 cm³/mol. The number of hydrogen-bond donors (Lipinski definition) is 1. The summed E-state index contributed by atoms with van der Waals surface area (Å²) >= 11 is 0. The van der Waals surface area contributed by atoms with Gasteiger partial charge in [-0.2, -0.15) is 0 Å². The minimum Gasteiger partial charge on any atom is -0.372 e. The zero-order valence-electron chi connectivity index (χ0n) is 14.2. The lowest BCUT2D eigenvalue weighted by Gasteiger charge is -2.03. The number of unbranched alkanes of at least 4 members (excludes halogenated alkanes) is 7. The summed E-state index contributed by atoms with van der Waals surface area (Å²) in [6.07, 6.45) is 10.9. The SMILES string of the molecule is CCCCCCCCCC[n+]1c(COC)[nH]c2ccccc21. The van der Waals surface area contributed by atoms with Gasteiger partial charge in [0, 0.05) is 7.11 Å². The average molecular weight is 303 g/mol. The lowest BCUT2D eigenvalue weighted by Crippen LogP contribution is -2.37. The highest BCUT2D eigenvalue weighted by molar-refractivity contribution is 5.70. The molecule has 122 valence electrons. The minimum absolute atomic E-state index is 0.645. The first-order chi connectivity index (χ1) is 10.9. The number of ether oxygens (including phenoxy) is 1. The van der Waals surface area contributed by atoms with Crippen LogP contribution in [0.3, 0.4) is 0 Å². The zero-order valence-corrected chi connectivity index (χ0v) is 14.2. The number of methoxy groups -OCH3 is 1. The molecule has 0 amide bonds. The fraction of sp³-hybridized carbons (Fsp3) is 0.632. The Labute approximate surface area is 134 Å². The molecule has 3 heteroatoms. The van der Waals surface area contributed by atoms with Crippen LogP contribution in [0.5, 0.6) is 0 Å². The average Bonchev–Trinajstić information content (AvgIpc) is 2.88.